The first-order valence-electron chi connectivity index (χ1n) is 10.1. The summed E-state index contributed by atoms with van der Waals surface area (Å²) in [7, 11) is 0. The Morgan fingerprint density at radius 3 is 2.03 bits per heavy atom. The van der Waals surface area contributed by atoms with Gasteiger partial charge in [0, 0.05) is 5.02 Å². The molecule has 0 unspecified atom stereocenters. The van der Waals surface area contributed by atoms with Crippen molar-refractivity contribution in [2.45, 2.75) is 32.2 Å². The van der Waals surface area contributed by atoms with Crippen molar-refractivity contribution < 1.29 is 23.9 Å². The number of hydrogen-bond acceptors (Lipinski definition) is 5. The van der Waals surface area contributed by atoms with Crippen LogP contribution in [0.2, 0.25) is 30.1 Å². The molecule has 0 fully saturated rings. The van der Waals surface area contributed by atoms with E-state index in [1.54, 1.807) is 0 Å². The first-order chi connectivity index (χ1) is 16.5. The molecule has 0 spiro atoms. The van der Waals surface area contributed by atoms with E-state index in [0.29, 0.717) is 22.8 Å². The van der Waals surface area contributed by atoms with Crippen LogP contribution in [0.1, 0.15) is 46.9 Å². The van der Waals surface area contributed by atoms with Crippen molar-refractivity contribution in [3.63, 3.8) is 0 Å². The average Bonchev–Trinajstić information content (AvgIpc) is 3.07. The smallest absolute Gasteiger partial charge is 0.329 e. The molecule has 7 nitrogen and oxygen atoms in total. The van der Waals surface area contributed by atoms with Gasteiger partial charge in [-0.3, -0.25) is 19.3 Å². The van der Waals surface area contributed by atoms with Crippen molar-refractivity contribution in [1.82, 2.24) is 4.90 Å². The summed E-state index contributed by atoms with van der Waals surface area (Å²) in [5.74, 6) is -3.39. The second-order valence-corrected chi connectivity index (χ2v) is 9.78. The van der Waals surface area contributed by atoms with Crippen LogP contribution in [0.3, 0.4) is 0 Å². The van der Waals surface area contributed by atoms with Crippen LogP contribution in [0.5, 0.6) is 0 Å². The summed E-state index contributed by atoms with van der Waals surface area (Å²) < 4.78 is 5.13. The fourth-order valence-corrected chi connectivity index (χ4v) is 4.88. The largest absolute Gasteiger partial charge is 0.454 e. The minimum Gasteiger partial charge on any atom is -0.454 e. The molecule has 1 atom stereocenters. The number of rotatable bonds is 8. The van der Waals surface area contributed by atoms with Crippen LogP contribution in [0.15, 0.2) is 18.2 Å². The van der Waals surface area contributed by atoms with Crippen LogP contribution in [0, 0.1) is 0 Å². The fraction of sp³-hybridized carbons (Fsp3) is 0.273. The maximum Gasteiger partial charge on any atom is 0.329 e. The Kier molecular flexibility index (Phi) is 9.18. The van der Waals surface area contributed by atoms with E-state index in [4.69, 9.17) is 74.3 Å². The molecular formula is C22H16Cl6N2O5. The van der Waals surface area contributed by atoms with Crippen molar-refractivity contribution in [1.29, 1.82) is 0 Å². The molecule has 3 rings (SSSR count). The Balaban J connectivity index is 1.81. The van der Waals surface area contributed by atoms with Crippen molar-refractivity contribution >= 4 is 99.0 Å². The van der Waals surface area contributed by atoms with Gasteiger partial charge in [0.05, 0.1) is 41.9 Å². The third-order valence-corrected chi connectivity index (χ3v) is 7.45. The summed E-state index contributed by atoms with van der Waals surface area (Å²) in [4.78, 5) is 52.2. The van der Waals surface area contributed by atoms with Crippen molar-refractivity contribution in [2.24, 2.45) is 0 Å². The van der Waals surface area contributed by atoms with Gasteiger partial charge in [0.1, 0.15) is 6.04 Å². The minimum atomic E-state index is -1.33. The molecule has 0 bridgehead atoms. The minimum absolute atomic E-state index is 0.0855. The molecule has 0 radical (unpaired) electrons. The monoisotopic (exact) mass is 598 g/mol. The van der Waals surface area contributed by atoms with Gasteiger partial charge in [-0.05, 0) is 24.6 Å². The summed E-state index contributed by atoms with van der Waals surface area (Å²) in [5, 5.41) is 2.17. The Morgan fingerprint density at radius 1 is 0.943 bits per heavy atom. The van der Waals surface area contributed by atoms with E-state index in [-0.39, 0.29) is 48.3 Å². The number of ether oxygens (including phenoxy) is 1. The quantitative estimate of drug-likeness (QED) is 0.153. The number of halogens is 6. The van der Waals surface area contributed by atoms with Gasteiger partial charge in [-0.1, -0.05) is 89.4 Å². The lowest BCUT2D eigenvalue weighted by Crippen LogP contribution is -2.46. The van der Waals surface area contributed by atoms with Crippen molar-refractivity contribution in [3.8, 4) is 0 Å². The Hall–Kier alpha value is -1.74. The molecule has 0 aliphatic carbocycles. The van der Waals surface area contributed by atoms with Crippen LogP contribution < -0.4 is 5.32 Å². The summed E-state index contributed by atoms with van der Waals surface area (Å²) in [6, 6.07) is 3.10. The predicted octanol–water partition coefficient (Wildman–Crippen LogP) is 6.94. The number of nitrogens with one attached hydrogen (secondary N) is 1. The molecule has 13 heteroatoms. The number of fused-ring (bicyclic) bond motifs is 1. The number of imide groups is 1. The highest BCUT2D eigenvalue weighted by atomic mass is 35.5. The number of benzene rings is 2. The van der Waals surface area contributed by atoms with Crippen LogP contribution in [0.25, 0.3) is 0 Å². The zero-order valence-electron chi connectivity index (χ0n) is 17.9. The highest BCUT2D eigenvalue weighted by Gasteiger charge is 2.47. The standard InChI is InChI=1S/C22H16Cl6N2O5/c1-2-3-4-12(22(34)35-8-13(31)29-11-6-5-9(23)7-10(11)24)30-20(32)14-15(21(30)33)17(26)19(28)18(27)16(14)25/h5-7,12H,2-4,8H2,1H3,(H,29,31)/t12-/m0/s1. The van der Waals surface area contributed by atoms with Gasteiger partial charge < -0.3 is 10.1 Å². The topological polar surface area (TPSA) is 92.8 Å². The lowest BCUT2D eigenvalue weighted by atomic mass is 10.1. The predicted molar refractivity (Wildman–Crippen MR) is 136 cm³/mol. The number of carbonyl (C=O) groups excluding carboxylic acids is 4. The number of unbranched alkanes of at least 4 members (excludes halogenated alkanes) is 1. The van der Waals surface area contributed by atoms with E-state index in [1.807, 2.05) is 6.92 Å². The molecule has 1 aliphatic rings. The molecule has 0 saturated heterocycles. The van der Waals surface area contributed by atoms with Gasteiger partial charge >= 0.3 is 5.97 Å². The van der Waals surface area contributed by atoms with E-state index in [0.717, 1.165) is 0 Å². The van der Waals surface area contributed by atoms with E-state index >= 15 is 0 Å². The Bertz CT molecular complexity index is 1190. The lowest BCUT2D eigenvalue weighted by molar-refractivity contribution is -0.151. The molecule has 35 heavy (non-hydrogen) atoms. The number of carbonyl (C=O) groups is 4. The Labute approximate surface area is 230 Å². The van der Waals surface area contributed by atoms with Crippen LogP contribution in [-0.4, -0.2) is 41.2 Å². The van der Waals surface area contributed by atoms with Gasteiger partial charge in [-0.15, -0.1) is 0 Å². The third kappa shape index (κ3) is 5.66. The molecule has 3 amide bonds. The number of amides is 3. The van der Waals surface area contributed by atoms with Crippen molar-refractivity contribution in [3.05, 3.63) is 59.5 Å². The van der Waals surface area contributed by atoms with Gasteiger partial charge in [-0.2, -0.15) is 0 Å². The van der Waals surface area contributed by atoms with Gasteiger partial charge in [0.15, 0.2) is 6.61 Å². The first kappa shape index (κ1) is 27.8. The zero-order chi connectivity index (χ0) is 26.0. The zero-order valence-corrected chi connectivity index (χ0v) is 22.4. The Morgan fingerprint density at radius 2 is 1.51 bits per heavy atom. The van der Waals surface area contributed by atoms with E-state index < -0.39 is 36.3 Å². The van der Waals surface area contributed by atoms with Crippen LogP contribution >= 0.6 is 69.6 Å². The summed E-state index contributed by atoms with van der Waals surface area (Å²) in [6.07, 6.45) is 1.21. The van der Waals surface area contributed by atoms with E-state index in [1.165, 1.54) is 18.2 Å². The summed E-state index contributed by atoms with van der Waals surface area (Å²) >= 11 is 36.3. The van der Waals surface area contributed by atoms with Crippen molar-refractivity contribution in [2.75, 3.05) is 11.9 Å². The molecular weight excluding hydrogens is 585 g/mol. The molecule has 0 aromatic heterocycles. The summed E-state index contributed by atoms with van der Waals surface area (Å²) in [6.45, 7) is 1.17. The first-order valence-corrected chi connectivity index (χ1v) is 12.4. The third-order valence-electron chi connectivity index (χ3n) is 5.10. The maximum absolute atomic E-state index is 13.1. The van der Waals surface area contributed by atoms with E-state index in [9.17, 15) is 19.2 Å². The van der Waals surface area contributed by atoms with Gasteiger partial charge in [-0.25, -0.2) is 4.79 Å². The number of anilines is 1. The average molecular weight is 601 g/mol. The van der Waals surface area contributed by atoms with Crippen LogP contribution in [-0.2, 0) is 14.3 Å². The number of nitrogens with zero attached hydrogens (tertiary/aromatic N) is 1. The normalized spacial score (nSPS) is 13.6. The summed E-state index contributed by atoms with van der Waals surface area (Å²) in [5.41, 5.74) is -0.237. The molecule has 0 saturated carbocycles. The second-order valence-electron chi connectivity index (χ2n) is 7.42. The highest BCUT2D eigenvalue weighted by Crippen LogP contribution is 2.45. The molecule has 1 N–H and O–H groups in total. The second kappa shape index (κ2) is 11.5. The SMILES string of the molecule is CCCC[C@@H](C(=O)OCC(=O)Nc1ccc(Cl)cc1Cl)N1C(=O)c2c(Cl)c(Cl)c(Cl)c(Cl)c2C1=O. The van der Waals surface area contributed by atoms with Gasteiger partial charge in [0.25, 0.3) is 17.7 Å². The lowest BCUT2D eigenvalue weighted by Gasteiger charge is -2.24. The number of esters is 1. The molecule has 2 aromatic rings. The fourth-order valence-electron chi connectivity index (χ4n) is 3.41. The molecule has 186 valence electrons. The molecule has 1 aliphatic heterocycles. The number of hydrogen-bond donors (Lipinski definition) is 1. The molecule has 2 aromatic carbocycles. The highest BCUT2D eigenvalue weighted by molar-refractivity contribution is 6.55. The molecule has 1 heterocycles. The van der Waals surface area contributed by atoms with Crippen LogP contribution in [0.4, 0.5) is 5.69 Å². The maximum atomic E-state index is 13.1. The van der Waals surface area contributed by atoms with Gasteiger partial charge in [0.2, 0.25) is 0 Å². The van der Waals surface area contributed by atoms with E-state index in [2.05, 4.69) is 5.32 Å².